The van der Waals surface area contributed by atoms with E-state index in [-0.39, 0.29) is 36.1 Å². The molecule has 7 nitrogen and oxygen atoms in total. The highest BCUT2D eigenvalue weighted by atomic mass is 79.9. The minimum Gasteiger partial charge on any atom is -0.489 e. The summed E-state index contributed by atoms with van der Waals surface area (Å²) in [4.78, 5) is 0.330. The quantitative estimate of drug-likeness (QED) is 0.307. The molecule has 0 radical (unpaired) electrons. The number of aliphatic hydroxyl groups excluding tert-OH is 2. The van der Waals surface area contributed by atoms with Gasteiger partial charge in [0.15, 0.2) is 0 Å². The first-order valence-electron chi connectivity index (χ1n) is 14.9. The van der Waals surface area contributed by atoms with E-state index in [0.717, 1.165) is 37.9 Å². The molecule has 4 aliphatic heterocycles. The van der Waals surface area contributed by atoms with Crippen LogP contribution in [-0.4, -0.2) is 79.2 Å². The molecule has 8 heteroatoms. The van der Waals surface area contributed by atoms with Gasteiger partial charge < -0.3 is 34.3 Å². The Bertz CT molecular complexity index is 917. The molecule has 0 unspecified atom stereocenters. The van der Waals surface area contributed by atoms with Crippen molar-refractivity contribution in [1.29, 1.82) is 0 Å². The van der Waals surface area contributed by atoms with Gasteiger partial charge in [-0.3, -0.25) is 0 Å². The lowest BCUT2D eigenvalue weighted by molar-refractivity contribution is -0.268. The molecule has 0 aromatic rings. The summed E-state index contributed by atoms with van der Waals surface area (Å²) < 4.78 is 26.2. The van der Waals surface area contributed by atoms with Crippen molar-refractivity contribution in [3.63, 3.8) is 0 Å². The Morgan fingerprint density at radius 2 is 1.67 bits per heavy atom. The van der Waals surface area contributed by atoms with E-state index in [1.807, 2.05) is 13.8 Å². The Balaban J connectivity index is 1.40. The minimum atomic E-state index is -0.946. The molecule has 0 spiro atoms. The lowest BCUT2D eigenvalue weighted by atomic mass is 9.75. The van der Waals surface area contributed by atoms with Crippen molar-refractivity contribution >= 4 is 15.9 Å². The number of hydrogen-bond acceptors (Lipinski definition) is 7. The number of rotatable bonds is 8. The fourth-order valence-electron chi connectivity index (χ4n) is 7.08. The van der Waals surface area contributed by atoms with E-state index in [4.69, 9.17) is 18.9 Å². The highest BCUT2D eigenvalue weighted by molar-refractivity contribution is 9.09. The Kier molecular flexibility index (Phi) is 8.78. The van der Waals surface area contributed by atoms with Crippen molar-refractivity contribution in [3.8, 4) is 0 Å². The molecule has 39 heavy (non-hydrogen) atoms. The summed E-state index contributed by atoms with van der Waals surface area (Å²) in [6.45, 7) is 16.0. The molecule has 4 rings (SSSR count). The van der Waals surface area contributed by atoms with E-state index < -0.39 is 28.3 Å². The van der Waals surface area contributed by atoms with Gasteiger partial charge in [-0.1, -0.05) is 22.9 Å². The van der Waals surface area contributed by atoms with Gasteiger partial charge in [-0.15, -0.1) is 0 Å². The third-order valence-corrected chi connectivity index (χ3v) is 11.9. The molecule has 9 atom stereocenters. The van der Waals surface area contributed by atoms with Crippen LogP contribution in [-0.2, 0) is 18.9 Å². The Morgan fingerprint density at radius 3 is 2.26 bits per heavy atom. The van der Waals surface area contributed by atoms with Crippen LogP contribution in [0.3, 0.4) is 0 Å². The number of hydrogen-bond donors (Lipinski definition) is 3. The van der Waals surface area contributed by atoms with Gasteiger partial charge in [-0.2, -0.15) is 0 Å². The van der Waals surface area contributed by atoms with E-state index >= 15 is 0 Å². The summed E-state index contributed by atoms with van der Waals surface area (Å²) in [5.41, 5.74) is -3.35. The summed E-state index contributed by atoms with van der Waals surface area (Å²) in [6.07, 6.45) is 7.84. The highest BCUT2D eigenvalue weighted by Crippen LogP contribution is 2.50. The largest absolute Gasteiger partial charge is 0.489 e. The van der Waals surface area contributed by atoms with Gasteiger partial charge in [0.05, 0.1) is 47.3 Å². The van der Waals surface area contributed by atoms with Gasteiger partial charge in [-0.25, -0.2) is 0 Å². The van der Waals surface area contributed by atoms with Crippen molar-refractivity contribution in [2.75, 3.05) is 6.61 Å². The maximum absolute atomic E-state index is 11.1. The van der Waals surface area contributed by atoms with E-state index in [2.05, 4.69) is 49.7 Å². The fraction of sp³-hybridized carbons (Fsp3) is 0.935. The van der Waals surface area contributed by atoms with E-state index in [0.29, 0.717) is 30.5 Å². The van der Waals surface area contributed by atoms with Crippen LogP contribution < -0.4 is 0 Å². The first-order valence-corrected chi connectivity index (χ1v) is 15.9. The topological polar surface area (TPSA) is 97.6 Å². The first kappa shape index (κ1) is 31.7. The molecule has 0 amide bonds. The lowest BCUT2D eigenvalue weighted by Gasteiger charge is -2.55. The van der Waals surface area contributed by atoms with Crippen molar-refractivity contribution in [1.82, 2.24) is 0 Å². The number of ether oxygens (including phenoxy) is 4. The SMILES string of the molecule is CC(C)(O)[C@H]1CC[C@](C)([C@@H](O)CC[C@](C)(CO)C2=CC[C@H]3O[C@@H]([C@]4(C)CC[C@@H](Br)C(C)(C)O4)CC[C@]3(C)O2)O1. The molecule has 0 aromatic carbocycles. The van der Waals surface area contributed by atoms with Crippen LogP contribution in [0.1, 0.15) is 113 Å². The van der Waals surface area contributed by atoms with E-state index in [1.54, 1.807) is 13.8 Å². The Morgan fingerprint density at radius 1 is 1.00 bits per heavy atom. The summed E-state index contributed by atoms with van der Waals surface area (Å²) in [5.74, 6) is 0.785. The van der Waals surface area contributed by atoms with Crippen LogP contribution in [0.2, 0.25) is 0 Å². The lowest BCUT2D eigenvalue weighted by Crippen LogP contribution is -2.61. The predicted molar refractivity (Wildman–Crippen MR) is 155 cm³/mol. The molecule has 0 bridgehead atoms. The molecule has 4 heterocycles. The summed E-state index contributed by atoms with van der Waals surface area (Å²) in [7, 11) is 0. The number of fused-ring (bicyclic) bond motifs is 1. The molecular formula is C31H53BrO7. The van der Waals surface area contributed by atoms with Gasteiger partial charge in [0.2, 0.25) is 0 Å². The highest BCUT2D eigenvalue weighted by Gasteiger charge is 2.54. The smallest absolute Gasteiger partial charge is 0.132 e. The monoisotopic (exact) mass is 616 g/mol. The maximum Gasteiger partial charge on any atom is 0.132 e. The van der Waals surface area contributed by atoms with Crippen LogP contribution in [0.25, 0.3) is 0 Å². The maximum atomic E-state index is 11.1. The molecule has 3 saturated heterocycles. The zero-order valence-electron chi connectivity index (χ0n) is 25.4. The normalized spacial score (nSPS) is 43.1. The van der Waals surface area contributed by atoms with Crippen LogP contribution in [0.4, 0.5) is 0 Å². The molecule has 0 saturated carbocycles. The first-order chi connectivity index (χ1) is 17.9. The van der Waals surface area contributed by atoms with Crippen LogP contribution in [0, 0.1) is 5.41 Å². The van der Waals surface area contributed by atoms with Gasteiger partial charge in [0.1, 0.15) is 17.5 Å². The molecule has 0 aliphatic carbocycles. The van der Waals surface area contributed by atoms with E-state index in [1.165, 1.54) is 0 Å². The number of alkyl halides is 1. The summed E-state index contributed by atoms with van der Waals surface area (Å²) >= 11 is 3.79. The van der Waals surface area contributed by atoms with Crippen molar-refractivity contribution in [3.05, 3.63) is 11.8 Å². The molecule has 226 valence electrons. The van der Waals surface area contributed by atoms with Gasteiger partial charge >= 0.3 is 0 Å². The van der Waals surface area contributed by atoms with Crippen molar-refractivity contribution in [2.24, 2.45) is 5.41 Å². The second kappa shape index (κ2) is 10.8. The predicted octanol–water partition coefficient (Wildman–Crippen LogP) is 5.56. The second-order valence-electron chi connectivity index (χ2n) is 14.8. The zero-order chi connectivity index (χ0) is 29.1. The van der Waals surface area contributed by atoms with E-state index in [9.17, 15) is 15.3 Å². The summed E-state index contributed by atoms with van der Waals surface area (Å²) in [5, 5.41) is 32.0. The van der Waals surface area contributed by atoms with Gasteiger partial charge in [0.25, 0.3) is 0 Å². The zero-order valence-corrected chi connectivity index (χ0v) is 27.0. The third-order valence-electron chi connectivity index (χ3n) is 10.3. The van der Waals surface area contributed by atoms with Gasteiger partial charge in [-0.05, 0) is 112 Å². The molecule has 4 aliphatic rings. The average Bonchev–Trinajstić information content (AvgIpc) is 3.27. The molecule has 3 N–H and O–H groups in total. The third kappa shape index (κ3) is 6.28. The number of aliphatic hydroxyl groups is 3. The molecule has 3 fully saturated rings. The standard InChI is InChI=1S/C31H53BrO7/c1-26(2,35)22-13-17-29(6,37-22)21(34)12-15-28(5,19-33)23-9-10-24-30(7,38-23)18-14-25(36-24)31(8)16-11-20(32)27(3,4)39-31/h9,20-22,24-25,33-35H,10-19H2,1-8H3/t20-,21+,22-,24-,25-,28-,29-,30+,31+/m1/s1. The van der Waals surface area contributed by atoms with Crippen LogP contribution >= 0.6 is 15.9 Å². The Labute approximate surface area is 244 Å². The van der Waals surface area contributed by atoms with Crippen LogP contribution in [0.5, 0.6) is 0 Å². The minimum absolute atomic E-state index is 0.00709. The average molecular weight is 618 g/mol. The van der Waals surface area contributed by atoms with Crippen LogP contribution in [0.15, 0.2) is 11.8 Å². The fourth-order valence-corrected chi connectivity index (χ4v) is 7.41. The summed E-state index contributed by atoms with van der Waals surface area (Å²) in [6, 6.07) is 0. The number of halogens is 1. The second-order valence-corrected chi connectivity index (χ2v) is 15.9. The molecule has 0 aromatic heterocycles. The molecular weight excluding hydrogens is 564 g/mol. The van der Waals surface area contributed by atoms with Crippen molar-refractivity contribution < 1.29 is 34.3 Å². The van der Waals surface area contributed by atoms with Crippen molar-refractivity contribution in [2.45, 2.75) is 170 Å². The Hall–Kier alpha value is -0.220. The van der Waals surface area contributed by atoms with Gasteiger partial charge in [0, 0.05) is 10.2 Å².